The first kappa shape index (κ1) is 27.3. The average Bonchev–Trinajstić information content (AvgIpc) is 3.48. The molecule has 0 spiro atoms. The molecule has 0 radical (unpaired) electrons. The summed E-state index contributed by atoms with van der Waals surface area (Å²) in [5.41, 5.74) is 3.65. The average molecular weight is 518 g/mol. The van der Waals surface area contributed by atoms with Crippen LogP contribution in [0.5, 0.6) is 0 Å². The van der Waals surface area contributed by atoms with Gasteiger partial charge in [-0.15, -0.1) is 0 Å². The minimum absolute atomic E-state index is 0.104. The Bertz CT molecular complexity index is 1280. The summed E-state index contributed by atoms with van der Waals surface area (Å²) < 4.78 is 11.6. The first-order valence-corrected chi connectivity index (χ1v) is 13.2. The number of benzene rings is 2. The van der Waals surface area contributed by atoms with E-state index in [4.69, 9.17) is 14.3 Å². The summed E-state index contributed by atoms with van der Waals surface area (Å²) in [7, 11) is 0. The maximum atomic E-state index is 13.5. The molecule has 2 amide bonds. The molecule has 3 aromatic rings. The number of hydrogen-bond donors (Lipinski definition) is 1. The number of aryl methyl sites for hydroxylation is 2. The van der Waals surface area contributed by atoms with Gasteiger partial charge in [-0.25, -0.2) is 9.69 Å². The quantitative estimate of drug-likeness (QED) is 0.183. The Hall–Kier alpha value is -3.71. The van der Waals surface area contributed by atoms with Gasteiger partial charge in [0.25, 0.3) is 0 Å². The molecule has 1 aromatic heterocycles. The number of aliphatic hydroxyl groups excluding tert-OH is 1. The van der Waals surface area contributed by atoms with Gasteiger partial charge < -0.3 is 14.3 Å². The number of rotatable bonds is 11. The fraction of sp³-hybridized carbons (Fsp3) is 0.387. The zero-order valence-corrected chi connectivity index (χ0v) is 22.2. The van der Waals surface area contributed by atoms with Crippen molar-refractivity contribution >= 4 is 17.8 Å². The zero-order valence-electron chi connectivity index (χ0n) is 22.2. The van der Waals surface area contributed by atoms with Crippen LogP contribution in [0.15, 0.2) is 65.1 Å². The molecule has 7 nitrogen and oxygen atoms in total. The van der Waals surface area contributed by atoms with Crippen molar-refractivity contribution in [1.29, 1.82) is 0 Å². The Kier molecular flexibility index (Phi) is 8.79. The van der Waals surface area contributed by atoms with Gasteiger partial charge in [-0.05, 0) is 50.8 Å². The van der Waals surface area contributed by atoms with Gasteiger partial charge >= 0.3 is 6.09 Å². The molecule has 1 saturated heterocycles. The van der Waals surface area contributed by atoms with Crippen LogP contribution >= 0.6 is 0 Å². The van der Waals surface area contributed by atoms with Crippen molar-refractivity contribution in [2.45, 2.75) is 65.0 Å². The van der Waals surface area contributed by atoms with E-state index in [9.17, 15) is 14.4 Å². The Morgan fingerprint density at radius 1 is 1.00 bits per heavy atom. The Balaban J connectivity index is 1.54. The second-order valence-corrected chi connectivity index (χ2v) is 9.95. The number of carbonyl (C=O) groups excluding carboxylic acids is 3. The number of Topliss-reactive ketones (excluding diaryl/α,β-unsaturated/α-hetero) is 1. The summed E-state index contributed by atoms with van der Waals surface area (Å²) in [4.78, 5) is 40.6. The molecule has 0 aliphatic carbocycles. The van der Waals surface area contributed by atoms with Crippen LogP contribution in [-0.2, 0) is 16.0 Å². The highest BCUT2D eigenvalue weighted by atomic mass is 16.6. The maximum absolute atomic E-state index is 13.5. The SMILES string of the molecule is Cc1cccc(-c2cc(C(=O)[C@@H](C)C(=O)N3C(=O)O[C@@H](c4ccccc4)[C@H]3C)oc2CCCCCCO)c1. The first-order valence-electron chi connectivity index (χ1n) is 13.2. The molecule has 0 bridgehead atoms. The number of furan rings is 1. The van der Waals surface area contributed by atoms with Crippen molar-refractivity contribution in [3.63, 3.8) is 0 Å². The van der Waals surface area contributed by atoms with Crippen LogP contribution in [0.3, 0.4) is 0 Å². The van der Waals surface area contributed by atoms with Crippen molar-refractivity contribution < 1.29 is 28.6 Å². The lowest BCUT2D eigenvalue weighted by Gasteiger charge is -2.21. The number of amides is 2. The fourth-order valence-electron chi connectivity index (χ4n) is 4.92. The lowest BCUT2D eigenvalue weighted by Crippen LogP contribution is -2.43. The number of aliphatic hydroxyl groups is 1. The first-order chi connectivity index (χ1) is 18.3. The molecule has 1 N–H and O–H groups in total. The highest BCUT2D eigenvalue weighted by molar-refractivity contribution is 6.12. The predicted octanol–water partition coefficient (Wildman–Crippen LogP) is 6.28. The molecule has 200 valence electrons. The summed E-state index contributed by atoms with van der Waals surface area (Å²) in [6, 6.07) is 18.4. The standard InChI is InChI=1S/C31H35NO6/c1-20-12-11-15-24(18-20)25-19-27(37-26(25)16-9-4-5-10-17-33)28(34)21(2)30(35)32-22(3)29(38-31(32)36)23-13-7-6-8-14-23/h6-8,11-15,18-19,21-22,29,33H,4-5,9-10,16-17H2,1-3H3/t21-,22-,29-/m1/s1. The normalized spacial score (nSPS) is 17.9. The molecule has 7 heteroatoms. The smallest absolute Gasteiger partial charge is 0.417 e. The summed E-state index contributed by atoms with van der Waals surface area (Å²) in [6.07, 6.45) is 2.76. The van der Waals surface area contributed by atoms with Crippen molar-refractivity contribution in [3.8, 4) is 11.1 Å². The molecular weight excluding hydrogens is 482 g/mol. The van der Waals surface area contributed by atoms with Crippen molar-refractivity contribution in [2.24, 2.45) is 5.92 Å². The van der Waals surface area contributed by atoms with Crippen molar-refractivity contribution in [1.82, 2.24) is 4.90 Å². The van der Waals surface area contributed by atoms with E-state index < -0.39 is 35.8 Å². The summed E-state index contributed by atoms with van der Waals surface area (Å²) in [5, 5.41) is 9.03. The van der Waals surface area contributed by atoms with E-state index in [-0.39, 0.29) is 12.4 Å². The second kappa shape index (κ2) is 12.2. The Morgan fingerprint density at radius 3 is 2.45 bits per heavy atom. The van der Waals surface area contributed by atoms with Crippen LogP contribution in [0.2, 0.25) is 0 Å². The number of imide groups is 1. The largest absolute Gasteiger partial charge is 0.457 e. The molecule has 1 aliphatic rings. The van der Waals surface area contributed by atoms with Crippen LogP contribution in [0, 0.1) is 12.8 Å². The van der Waals surface area contributed by atoms with Gasteiger partial charge in [0.1, 0.15) is 17.8 Å². The fourth-order valence-corrected chi connectivity index (χ4v) is 4.92. The van der Waals surface area contributed by atoms with Gasteiger partial charge in [-0.3, -0.25) is 9.59 Å². The molecule has 2 aromatic carbocycles. The van der Waals surface area contributed by atoms with Crippen LogP contribution in [0.1, 0.15) is 73.1 Å². The van der Waals surface area contributed by atoms with Gasteiger partial charge in [0.05, 0.1) is 6.04 Å². The zero-order chi connectivity index (χ0) is 27.2. The van der Waals surface area contributed by atoms with E-state index in [1.807, 2.05) is 61.5 Å². The number of carbonyl (C=O) groups is 3. The van der Waals surface area contributed by atoms with Crippen molar-refractivity contribution in [2.75, 3.05) is 6.61 Å². The van der Waals surface area contributed by atoms with Gasteiger partial charge in [-0.1, -0.05) is 73.0 Å². The molecule has 0 unspecified atom stereocenters. The maximum Gasteiger partial charge on any atom is 0.417 e. The Labute approximate surface area is 223 Å². The third kappa shape index (κ3) is 5.89. The van der Waals surface area contributed by atoms with Crippen LogP contribution in [-0.4, -0.2) is 40.4 Å². The summed E-state index contributed by atoms with van der Waals surface area (Å²) >= 11 is 0. The number of unbranched alkanes of at least 4 members (excludes halogenated alkanes) is 3. The van der Waals surface area contributed by atoms with Gasteiger partial charge in [0, 0.05) is 18.6 Å². The molecule has 3 atom stereocenters. The number of hydrogen-bond acceptors (Lipinski definition) is 6. The minimum atomic E-state index is -1.12. The third-order valence-electron chi connectivity index (χ3n) is 7.09. The number of ether oxygens (including phenoxy) is 1. The molecule has 0 saturated carbocycles. The lowest BCUT2D eigenvalue weighted by atomic mass is 9.98. The lowest BCUT2D eigenvalue weighted by molar-refractivity contribution is -0.131. The van der Waals surface area contributed by atoms with Gasteiger partial charge in [0.2, 0.25) is 11.7 Å². The van der Waals surface area contributed by atoms with Crippen LogP contribution in [0.25, 0.3) is 11.1 Å². The second-order valence-electron chi connectivity index (χ2n) is 9.95. The van der Waals surface area contributed by atoms with E-state index in [1.54, 1.807) is 13.0 Å². The molecule has 4 rings (SSSR count). The monoisotopic (exact) mass is 517 g/mol. The van der Waals surface area contributed by atoms with Gasteiger partial charge in [-0.2, -0.15) is 0 Å². The number of cyclic esters (lactones) is 1. The topological polar surface area (TPSA) is 97.1 Å². The molecular formula is C31H35NO6. The molecule has 38 heavy (non-hydrogen) atoms. The van der Waals surface area contributed by atoms with E-state index in [0.29, 0.717) is 12.2 Å². The summed E-state index contributed by atoms with van der Waals surface area (Å²) in [5.74, 6) is -1.40. The minimum Gasteiger partial charge on any atom is -0.457 e. The third-order valence-corrected chi connectivity index (χ3v) is 7.09. The van der Waals surface area contributed by atoms with Gasteiger partial charge in [0.15, 0.2) is 5.76 Å². The van der Waals surface area contributed by atoms with Crippen LogP contribution in [0.4, 0.5) is 4.79 Å². The van der Waals surface area contributed by atoms with Crippen molar-refractivity contribution in [3.05, 3.63) is 83.3 Å². The molecule has 2 heterocycles. The Morgan fingerprint density at radius 2 is 1.74 bits per heavy atom. The summed E-state index contributed by atoms with van der Waals surface area (Å²) in [6.45, 7) is 5.43. The molecule has 1 aliphatic heterocycles. The van der Waals surface area contributed by atoms with E-state index in [1.165, 1.54) is 6.92 Å². The highest BCUT2D eigenvalue weighted by Crippen LogP contribution is 2.35. The number of nitrogens with zero attached hydrogens (tertiary/aromatic N) is 1. The predicted molar refractivity (Wildman–Crippen MR) is 144 cm³/mol. The number of ketones is 1. The highest BCUT2D eigenvalue weighted by Gasteiger charge is 2.46. The van der Waals surface area contributed by atoms with E-state index in [0.717, 1.165) is 52.8 Å². The van der Waals surface area contributed by atoms with E-state index in [2.05, 4.69) is 0 Å². The molecule has 1 fully saturated rings. The van der Waals surface area contributed by atoms with E-state index >= 15 is 0 Å². The van der Waals surface area contributed by atoms with Crippen LogP contribution < -0.4 is 0 Å².